The van der Waals surface area contributed by atoms with Gasteiger partial charge in [-0.05, 0) is 37.7 Å². The average molecular weight is 535 g/mol. The summed E-state index contributed by atoms with van der Waals surface area (Å²) in [5.74, 6) is -3.43. The number of nitrogens with two attached hydrogens (primary N) is 5. The van der Waals surface area contributed by atoms with E-state index < -0.39 is 48.4 Å². The molecular weight excluding hydrogens is 496 g/mol. The number of guanidine groups is 2. The van der Waals surface area contributed by atoms with Crippen molar-refractivity contribution in [2.75, 3.05) is 19.6 Å². The number of hydrogen-bond acceptors (Lipinski definition) is 7. The normalized spacial score (nSPS) is 12.8. The van der Waals surface area contributed by atoms with Gasteiger partial charge in [0.1, 0.15) is 12.1 Å². The van der Waals surface area contributed by atoms with E-state index >= 15 is 0 Å². The van der Waals surface area contributed by atoms with Gasteiger partial charge in [-0.2, -0.15) is 0 Å². The van der Waals surface area contributed by atoms with Gasteiger partial charge >= 0.3 is 5.97 Å². The molecule has 1 rings (SSSR count). The van der Waals surface area contributed by atoms with Crippen LogP contribution in [0.4, 0.5) is 0 Å². The van der Waals surface area contributed by atoms with Crippen molar-refractivity contribution in [1.29, 1.82) is 0 Å². The van der Waals surface area contributed by atoms with Crippen LogP contribution in [0.15, 0.2) is 40.3 Å². The first-order chi connectivity index (χ1) is 18.0. The highest BCUT2D eigenvalue weighted by Crippen LogP contribution is 2.04. The molecule has 0 bridgehead atoms. The predicted octanol–water partition coefficient (Wildman–Crippen LogP) is -3.17. The lowest BCUT2D eigenvalue weighted by atomic mass is 10.1. The molecule has 0 aliphatic carbocycles. The van der Waals surface area contributed by atoms with E-state index in [1.165, 1.54) is 0 Å². The summed E-state index contributed by atoms with van der Waals surface area (Å²) in [5.41, 5.74) is 27.9. The molecule has 210 valence electrons. The van der Waals surface area contributed by atoms with Crippen LogP contribution in [0.1, 0.15) is 31.2 Å². The van der Waals surface area contributed by atoms with E-state index in [0.717, 1.165) is 5.56 Å². The SMILES string of the molecule is NC(N)=NCCC[C@H](NC(=O)[C@H](CCCN=C(N)N)NC(=O)CNC(=O)[C@@H](N)Cc1ccccc1)C(=O)O. The number of nitrogens with zero attached hydrogens (tertiary/aromatic N) is 2. The van der Waals surface area contributed by atoms with Crippen molar-refractivity contribution in [1.82, 2.24) is 16.0 Å². The van der Waals surface area contributed by atoms with Crippen LogP contribution < -0.4 is 44.6 Å². The van der Waals surface area contributed by atoms with Crippen LogP contribution in [0.2, 0.25) is 0 Å². The summed E-state index contributed by atoms with van der Waals surface area (Å²) in [6, 6.07) is 5.94. The van der Waals surface area contributed by atoms with Gasteiger partial charge in [0.05, 0.1) is 12.6 Å². The number of hydrogen-bond donors (Lipinski definition) is 9. The fourth-order valence-electron chi connectivity index (χ4n) is 3.31. The number of aliphatic imine (C=N–C) groups is 2. The molecule has 15 nitrogen and oxygen atoms in total. The highest BCUT2D eigenvalue weighted by Gasteiger charge is 2.26. The Morgan fingerprint density at radius 1 is 0.816 bits per heavy atom. The van der Waals surface area contributed by atoms with E-state index in [1.54, 1.807) is 0 Å². The van der Waals surface area contributed by atoms with Crippen molar-refractivity contribution in [3.05, 3.63) is 35.9 Å². The second kappa shape index (κ2) is 17.1. The summed E-state index contributed by atoms with van der Waals surface area (Å²) in [7, 11) is 0. The van der Waals surface area contributed by atoms with Crippen LogP contribution in [0.25, 0.3) is 0 Å². The third-order valence-electron chi connectivity index (χ3n) is 5.22. The maximum Gasteiger partial charge on any atom is 0.326 e. The highest BCUT2D eigenvalue weighted by atomic mass is 16.4. The molecule has 0 aliphatic rings. The van der Waals surface area contributed by atoms with E-state index in [2.05, 4.69) is 25.9 Å². The van der Waals surface area contributed by atoms with Gasteiger partial charge < -0.3 is 49.7 Å². The van der Waals surface area contributed by atoms with Crippen LogP contribution in [-0.2, 0) is 25.6 Å². The highest BCUT2D eigenvalue weighted by molar-refractivity contribution is 5.92. The second-order valence-corrected chi connectivity index (χ2v) is 8.43. The zero-order valence-electron chi connectivity index (χ0n) is 21.1. The molecule has 3 amide bonds. The van der Waals surface area contributed by atoms with Gasteiger partial charge in [-0.25, -0.2) is 4.79 Å². The third-order valence-corrected chi connectivity index (χ3v) is 5.22. The van der Waals surface area contributed by atoms with Crippen molar-refractivity contribution in [2.45, 2.75) is 50.2 Å². The molecule has 0 fully saturated rings. The van der Waals surface area contributed by atoms with Gasteiger partial charge in [-0.1, -0.05) is 30.3 Å². The second-order valence-electron chi connectivity index (χ2n) is 8.43. The molecular formula is C23H38N10O5. The monoisotopic (exact) mass is 534 g/mol. The number of nitrogens with one attached hydrogen (secondary N) is 3. The van der Waals surface area contributed by atoms with E-state index in [4.69, 9.17) is 28.7 Å². The molecule has 14 N–H and O–H groups in total. The van der Waals surface area contributed by atoms with Crippen LogP contribution in [-0.4, -0.2) is 78.5 Å². The van der Waals surface area contributed by atoms with Crippen molar-refractivity contribution >= 4 is 35.6 Å². The third kappa shape index (κ3) is 13.6. The Kier molecular flexibility index (Phi) is 14.3. The first-order valence-electron chi connectivity index (χ1n) is 12.0. The minimum Gasteiger partial charge on any atom is -0.480 e. The number of carboxylic acid groups (broad SMARTS) is 1. The molecule has 15 heteroatoms. The molecule has 0 aromatic heterocycles. The number of carbonyl (C=O) groups excluding carboxylic acids is 3. The number of benzene rings is 1. The summed E-state index contributed by atoms with van der Waals surface area (Å²) < 4.78 is 0. The molecule has 0 radical (unpaired) electrons. The number of rotatable bonds is 17. The zero-order valence-corrected chi connectivity index (χ0v) is 21.1. The van der Waals surface area contributed by atoms with Crippen LogP contribution in [0.3, 0.4) is 0 Å². The molecule has 0 unspecified atom stereocenters. The smallest absolute Gasteiger partial charge is 0.326 e. The largest absolute Gasteiger partial charge is 0.480 e. The topological polar surface area (TPSA) is 279 Å². The van der Waals surface area contributed by atoms with Gasteiger partial charge in [0, 0.05) is 13.1 Å². The van der Waals surface area contributed by atoms with Crippen molar-refractivity contribution < 1.29 is 24.3 Å². The lowest BCUT2D eigenvalue weighted by molar-refractivity contribution is -0.142. The number of aliphatic carboxylic acids is 1. The summed E-state index contributed by atoms with van der Waals surface area (Å²) in [6.45, 7) is -0.0550. The van der Waals surface area contributed by atoms with Crippen LogP contribution >= 0.6 is 0 Å². The minimum absolute atomic E-state index is 0.0574. The Labute approximate surface area is 220 Å². The van der Waals surface area contributed by atoms with Gasteiger partial charge in [0.2, 0.25) is 17.7 Å². The summed E-state index contributed by atoms with van der Waals surface area (Å²) in [5, 5.41) is 16.8. The van der Waals surface area contributed by atoms with E-state index in [0.29, 0.717) is 12.8 Å². The fraction of sp³-hybridized carbons (Fsp3) is 0.478. The Morgan fingerprint density at radius 3 is 1.89 bits per heavy atom. The molecule has 0 saturated heterocycles. The van der Waals surface area contributed by atoms with E-state index in [9.17, 15) is 24.3 Å². The lowest BCUT2D eigenvalue weighted by Crippen LogP contribution is -2.53. The van der Waals surface area contributed by atoms with E-state index in [1.807, 2.05) is 30.3 Å². The van der Waals surface area contributed by atoms with Crippen molar-refractivity contribution in [3.63, 3.8) is 0 Å². The zero-order chi connectivity index (χ0) is 28.5. The average Bonchev–Trinajstić information content (AvgIpc) is 2.86. The molecule has 0 saturated carbocycles. The van der Waals surface area contributed by atoms with Crippen molar-refractivity contribution in [3.8, 4) is 0 Å². The van der Waals surface area contributed by atoms with E-state index in [-0.39, 0.29) is 44.3 Å². The summed E-state index contributed by atoms with van der Waals surface area (Å²) in [4.78, 5) is 56.9. The molecule has 1 aromatic carbocycles. The van der Waals surface area contributed by atoms with Gasteiger partial charge in [-0.3, -0.25) is 24.4 Å². The molecule has 1 aromatic rings. The maximum atomic E-state index is 12.9. The van der Waals surface area contributed by atoms with Gasteiger partial charge in [-0.15, -0.1) is 0 Å². The lowest BCUT2D eigenvalue weighted by Gasteiger charge is -2.21. The number of amides is 3. The number of carbonyl (C=O) groups is 4. The summed E-state index contributed by atoms with van der Waals surface area (Å²) >= 11 is 0. The molecule has 0 heterocycles. The Morgan fingerprint density at radius 2 is 1.37 bits per heavy atom. The molecule has 38 heavy (non-hydrogen) atoms. The van der Waals surface area contributed by atoms with Crippen molar-refractivity contribution in [2.24, 2.45) is 38.7 Å². The molecule has 0 aliphatic heterocycles. The minimum atomic E-state index is -1.26. The quantitative estimate of drug-likeness (QED) is 0.0549. The Balaban J connectivity index is 2.72. The van der Waals surface area contributed by atoms with Crippen LogP contribution in [0, 0.1) is 0 Å². The molecule has 0 spiro atoms. The first kappa shape index (κ1) is 31.6. The predicted molar refractivity (Wildman–Crippen MR) is 142 cm³/mol. The van der Waals surface area contributed by atoms with Crippen LogP contribution in [0.5, 0.6) is 0 Å². The Hall–Kier alpha value is -4.40. The Bertz CT molecular complexity index is 978. The fourth-order valence-corrected chi connectivity index (χ4v) is 3.31. The van der Waals surface area contributed by atoms with Gasteiger partial charge in [0.15, 0.2) is 11.9 Å². The first-order valence-corrected chi connectivity index (χ1v) is 12.0. The maximum absolute atomic E-state index is 12.9. The number of carboxylic acids is 1. The molecule has 3 atom stereocenters. The standard InChI is InChI=1S/C23H38N10O5/c24-15(12-14-6-2-1-3-7-14)19(35)31-13-18(34)32-16(8-4-10-29-22(25)26)20(36)33-17(21(37)38)9-5-11-30-23(27)28/h1-3,6-7,15-17H,4-5,8-13,24H2,(H,31,35)(H,32,34)(H,33,36)(H,37,38)(H4,25,26,29)(H4,27,28,30)/t15-,16-,17-/m0/s1. The summed E-state index contributed by atoms with van der Waals surface area (Å²) in [6.07, 6.45) is 1.06. The van der Waals surface area contributed by atoms with Gasteiger partial charge in [0.25, 0.3) is 0 Å².